The fourth-order valence-electron chi connectivity index (χ4n) is 3.96. The second-order valence-electron chi connectivity index (χ2n) is 9.95. The highest BCUT2D eigenvalue weighted by Gasteiger charge is 2.33. The maximum Gasteiger partial charge on any atom is 0.264 e. The number of benzene rings is 3. The van der Waals surface area contributed by atoms with Gasteiger partial charge in [0.05, 0.1) is 10.6 Å². The number of halogens is 1. The molecule has 0 bridgehead atoms. The van der Waals surface area contributed by atoms with E-state index < -0.39 is 40.2 Å². The lowest BCUT2D eigenvalue weighted by Crippen LogP contribution is -2.51. The summed E-state index contributed by atoms with van der Waals surface area (Å²) in [6.07, 6.45) is 1.89. The van der Waals surface area contributed by atoms with E-state index in [1.165, 1.54) is 47.0 Å². The predicted molar refractivity (Wildman–Crippen MR) is 158 cm³/mol. The molecular weight excluding hydrogens is 549 g/mol. The molecule has 10 heteroatoms. The maximum atomic E-state index is 14.6. The molecule has 2 amide bonds. The summed E-state index contributed by atoms with van der Waals surface area (Å²) in [6, 6.07) is 18.2. The van der Waals surface area contributed by atoms with E-state index >= 15 is 0 Å². The summed E-state index contributed by atoms with van der Waals surface area (Å²) in [4.78, 5) is 29.0. The molecule has 0 saturated carbocycles. The minimum Gasteiger partial charge on any atom is -0.354 e. The van der Waals surface area contributed by atoms with Gasteiger partial charge < -0.3 is 10.2 Å². The number of amides is 2. The zero-order valence-electron chi connectivity index (χ0n) is 23.4. The third-order valence-electron chi connectivity index (χ3n) is 6.40. The number of aryl methyl sites for hydroxylation is 1. The SMILES string of the molecule is CSc1ccc(S(=O)(=O)N(CC(=O)N(Cc2ccccc2F)[C@H](C)C(=O)NCC(C)C)c2ccc(C)cc2)cc1. The van der Waals surface area contributed by atoms with Gasteiger partial charge in [0, 0.05) is 23.5 Å². The van der Waals surface area contributed by atoms with Crippen LogP contribution in [0.5, 0.6) is 0 Å². The van der Waals surface area contributed by atoms with Crippen molar-refractivity contribution >= 4 is 39.3 Å². The molecule has 0 aliphatic heterocycles. The van der Waals surface area contributed by atoms with E-state index in [1.54, 1.807) is 49.4 Å². The van der Waals surface area contributed by atoms with Crippen LogP contribution in [-0.4, -0.2) is 50.5 Å². The van der Waals surface area contributed by atoms with Crippen LogP contribution >= 0.6 is 11.8 Å². The van der Waals surface area contributed by atoms with E-state index in [1.807, 2.05) is 27.0 Å². The molecule has 0 aliphatic carbocycles. The van der Waals surface area contributed by atoms with E-state index in [9.17, 15) is 22.4 Å². The first kappa shape index (κ1) is 31.2. The molecule has 0 aliphatic rings. The van der Waals surface area contributed by atoms with Crippen molar-refractivity contribution in [3.63, 3.8) is 0 Å². The Bertz CT molecular complexity index is 1410. The first-order chi connectivity index (χ1) is 18.9. The van der Waals surface area contributed by atoms with Gasteiger partial charge in [-0.2, -0.15) is 0 Å². The average molecular weight is 586 g/mol. The third-order valence-corrected chi connectivity index (χ3v) is 8.93. The van der Waals surface area contributed by atoms with Gasteiger partial charge in [-0.1, -0.05) is 49.7 Å². The van der Waals surface area contributed by atoms with Gasteiger partial charge in [-0.3, -0.25) is 13.9 Å². The van der Waals surface area contributed by atoms with Crippen LogP contribution in [0.25, 0.3) is 0 Å². The van der Waals surface area contributed by atoms with Gasteiger partial charge in [-0.15, -0.1) is 11.8 Å². The Balaban J connectivity index is 2.02. The number of sulfonamides is 1. The minimum atomic E-state index is -4.17. The highest BCUT2D eigenvalue weighted by Crippen LogP contribution is 2.26. The van der Waals surface area contributed by atoms with Crippen molar-refractivity contribution < 1.29 is 22.4 Å². The molecule has 1 N–H and O–H groups in total. The van der Waals surface area contributed by atoms with E-state index in [-0.39, 0.29) is 22.9 Å². The summed E-state index contributed by atoms with van der Waals surface area (Å²) in [6.45, 7) is 6.95. The van der Waals surface area contributed by atoms with Crippen LogP contribution in [0.15, 0.2) is 82.6 Å². The van der Waals surface area contributed by atoms with Crippen molar-refractivity contribution in [1.29, 1.82) is 0 Å². The largest absolute Gasteiger partial charge is 0.354 e. The van der Waals surface area contributed by atoms with Crippen LogP contribution in [0.1, 0.15) is 31.9 Å². The molecule has 0 unspecified atom stereocenters. The number of nitrogens with one attached hydrogen (secondary N) is 1. The number of carbonyl (C=O) groups excluding carboxylic acids is 2. The maximum absolute atomic E-state index is 14.6. The van der Waals surface area contributed by atoms with Gasteiger partial charge in [-0.25, -0.2) is 12.8 Å². The summed E-state index contributed by atoms with van der Waals surface area (Å²) in [5.41, 5.74) is 1.45. The number of rotatable bonds is 12. The highest BCUT2D eigenvalue weighted by molar-refractivity contribution is 7.98. The van der Waals surface area contributed by atoms with Crippen LogP contribution in [0, 0.1) is 18.7 Å². The summed E-state index contributed by atoms with van der Waals surface area (Å²) in [5.74, 6) is -1.38. The fraction of sp³-hybridized carbons (Fsp3) is 0.333. The summed E-state index contributed by atoms with van der Waals surface area (Å²) in [7, 11) is -4.17. The predicted octanol–water partition coefficient (Wildman–Crippen LogP) is 5.24. The number of thioether (sulfide) groups is 1. The number of hydrogen-bond donors (Lipinski definition) is 1. The molecule has 0 fully saturated rings. The van der Waals surface area contributed by atoms with E-state index in [2.05, 4.69) is 5.32 Å². The van der Waals surface area contributed by atoms with Crippen LogP contribution in [0.4, 0.5) is 10.1 Å². The molecular formula is C30H36FN3O4S2. The Labute approximate surface area is 240 Å². The molecule has 40 heavy (non-hydrogen) atoms. The number of anilines is 1. The number of nitrogens with zero attached hydrogens (tertiary/aromatic N) is 2. The zero-order valence-corrected chi connectivity index (χ0v) is 25.1. The first-order valence-corrected chi connectivity index (χ1v) is 15.6. The van der Waals surface area contributed by atoms with Gasteiger partial charge in [-0.05, 0) is 68.5 Å². The lowest BCUT2D eigenvalue weighted by atomic mass is 10.1. The zero-order chi connectivity index (χ0) is 29.4. The standard InChI is InChI=1S/C30H36FN3O4S2/c1-21(2)18-32-30(36)23(4)33(19-24-8-6-7-9-28(24)31)29(35)20-34(25-12-10-22(3)11-13-25)40(37,38)27-16-14-26(39-5)15-17-27/h6-17,21,23H,18-20H2,1-5H3,(H,32,36)/t23-/m1/s1. The van der Waals surface area contributed by atoms with Gasteiger partial charge in [0.15, 0.2) is 0 Å². The Morgan fingerprint density at radius 1 is 0.950 bits per heavy atom. The van der Waals surface area contributed by atoms with Crippen molar-refractivity contribution in [2.75, 3.05) is 23.7 Å². The van der Waals surface area contributed by atoms with E-state index in [0.29, 0.717) is 12.2 Å². The molecule has 0 saturated heterocycles. The van der Waals surface area contributed by atoms with Crippen molar-refractivity contribution in [3.05, 3.63) is 89.7 Å². The normalized spacial score (nSPS) is 12.2. The van der Waals surface area contributed by atoms with Gasteiger partial charge in [0.25, 0.3) is 10.0 Å². The quantitative estimate of drug-likeness (QED) is 0.294. The van der Waals surface area contributed by atoms with Crippen LogP contribution in [0.3, 0.4) is 0 Å². The lowest BCUT2D eigenvalue weighted by molar-refractivity contribution is -0.139. The van der Waals surface area contributed by atoms with Gasteiger partial charge in [0.2, 0.25) is 11.8 Å². The van der Waals surface area contributed by atoms with Crippen molar-refractivity contribution in [2.45, 2.75) is 50.1 Å². The Morgan fingerprint density at radius 2 is 1.57 bits per heavy atom. The Hall–Kier alpha value is -3.37. The molecule has 1 atom stereocenters. The summed E-state index contributed by atoms with van der Waals surface area (Å²) in [5, 5.41) is 2.82. The lowest BCUT2D eigenvalue weighted by Gasteiger charge is -2.32. The smallest absolute Gasteiger partial charge is 0.264 e. The summed E-state index contributed by atoms with van der Waals surface area (Å²) >= 11 is 1.48. The van der Waals surface area contributed by atoms with Gasteiger partial charge in [0.1, 0.15) is 18.4 Å². The van der Waals surface area contributed by atoms with Crippen molar-refractivity contribution in [1.82, 2.24) is 10.2 Å². The average Bonchev–Trinajstić information content (AvgIpc) is 2.94. The summed E-state index contributed by atoms with van der Waals surface area (Å²) < 4.78 is 43.4. The molecule has 0 radical (unpaired) electrons. The monoisotopic (exact) mass is 585 g/mol. The molecule has 0 spiro atoms. The van der Waals surface area contributed by atoms with Crippen molar-refractivity contribution in [2.24, 2.45) is 5.92 Å². The number of carbonyl (C=O) groups is 2. The van der Waals surface area contributed by atoms with Crippen LogP contribution in [-0.2, 0) is 26.2 Å². The second kappa shape index (κ2) is 13.8. The molecule has 0 aromatic heterocycles. The molecule has 7 nitrogen and oxygen atoms in total. The molecule has 3 aromatic rings. The third kappa shape index (κ3) is 7.85. The Kier molecular flexibility index (Phi) is 10.8. The fourth-order valence-corrected chi connectivity index (χ4v) is 5.78. The minimum absolute atomic E-state index is 0.0297. The van der Waals surface area contributed by atoms with Crippen LogP contribution in [0.2, 0.25) is 0 Å². The molecule has 3 rings (SSSR count). The first-order valence-electron chi connectivity index (χ1n) is 13.0. The topological polar surface area (TPSA) is 86.8 Å². The molecule has 3 aromatic carbocycles. The molecule has 214 valence electrons. The van der Waals surface area contributed by atoms with Gasteiger partial charge >= 0.3 is 0 Å². The highest BCUT2D eigenvalue weighted by atomic mass is 32.2. The Morgan fingerprint density at radius 3 is 2.15 bits per heavy atom. The van der Waals surface area contributed by atoms with Crippen LogP contribution < -0.4 is 9.62 Å². The van der Waals surface area contributed by atoms with Crippen molar-refractivity contribution in [3.8, 4) is 0 Å². The molecule has 0 heterocycles. The van der Waals surface area contributed by atoms with E-state index in [4.69, 9.17) is 0 Å². The second-order valence-corrected chi connectivity index (χ2v) is 12.7. The van der Waals surface area contributed by atoms with E-state index in [0.717, 1.165) is 14.8 Å². The number of hydrogen-bond acceptors (Lipinski definition) is 5.